The Balaban J connectivity index is 1.94. The predicted octanol–water partition coefficient (Wildman–Crippen LogP) is 4.42. The first kappa shape index (κ1) is 14.4. The van der Waals surface area contributed by atoms with E-state index < -0.39 is 0 Å². The number of ether oxygens (including phenoxy) is 1. The van der Waals surface area contributed by atoms with Gasteiger partial charge in [0, 0.05) is 11.1 Å². The molecule has 0 aliphatic carbocycles. The predicted molar refractivity (Wildman–Crippen MR) is 88.6 cm³/mol. The first-order valence-electron chi connectivity index (χ1n) is 7.33. The molecule has 0 saturated heterocycles. The SMILES string of the molecule is OCc1cccc(-c2ccccc2)c1OCc1ccccc1. The lowest BCUT2D eigenvalue weighted by atomic mass is 10.0. The number of para-hydroxylation sites is 1. The van der Waals surface area contributed by atoms with Gasteiger partial charge >= 0.3 is 0 Å². The monoisotopic (exact) mass is 290 g/mol. The number of aliphatic hydroxyl groups excluding tert-OH is 1. The van der Waals surface area contributed by atoms with Gasteiger partial charge in [0.25, 0.3) is 0 Å². The summed E-state index contributed by atoms with van der Waals surface area (Å²) in [4.78, 5) is 0. The molecule has 22 heavy (non-hydrogen) atoms. The average Bonchev–Trinajstić information content (AvgIpc) is 2.61. The van der Waals surface area contributed by atoms with Gasteiger partial charge in [0.2, 0.25) is 0 Å². The van der Waals surface area contributed by atoms with Crippen LogP contribution >= 0.6 is 0 Å². The third-order valence-electron chi connectivity index (χ3n) is 3.58. The van der Waals surface area contributed by atoms with E-state index >= 15 is 0 Å². The molecule has 0 bridgehead atoms. The molecule has 0 aromatic heterocycles. The van der Waals surface area contributed by atoms with Crippen molar-refractivity contribution in [1.82, 2.24) is 0 Å². The lowest BCUT2D eigenvalue weighted by Crippen LogP contribution is -2.00. The summed E-state index contributed by atoms with van der Waals surface area (Å²) in [5.41, 5.74) is 4.00. The van der Waals surface area contributed by atoms with Gasteiger partial charge in [-0.15, -0.1) is 0 Å². The molecule has 2 nitrogen and oxygen atoms in total. The van der Waals surface area contributed by atoms with Gasteiger partial charge in [0.05, 0.1) is 6.61 Å². The summed E-state index contributed by atoms with van der Waals surface area (Å²) in [6, 6.07) is 26.0. The zero-order valence-electron chi connectivity index (χ0n) is 12.3. The maximum atomic E-state index is 9.61. The molecule has 3 rings (SSSR count). The highest BCUT2D eigenvalue weighted by molar-refractivity contribution is 5.72. The molecular weight excluding hydrogens is 272 g/mol. The second-order valence-corrected chi connectivity index (χ2v) is 5.09. The van der Waals surface area contributed by atoms with Crippen molar-refractivity contribution in [1.29, 1.82) is 0 Å². The molecule has 2 heteroatoms. The Hall–Kier alpha value is -2.58. The number of hydrogen-bond acceptors (Lipinski definition) is 2. The summed E-state index contributed by atoms with van der Waals surface area (Å²) in [7, 11) is 0. The van der Waals surface area contributed by atoms with Gasteiger partial charge in [0.1, 0.15) is 12.4 Å². The zero-order chi connectivity index (χ0) is 15.2. The molecule has 0 aliphatic heterocycles. The van der Waals surface area contributed by atoms with Crippen molar-refractivity contribution in [2.45, 2.75) is 13.2 Å². The molecular formula is C20H18O2. The first-order valence-corrected chi connectivity index (χ1v) is 7.33. The maximum Gasteiger partial charge on any atom is 0.133 e. The minimum Gasteiger partial charge on any atom is -0.488 e. The van der Waals surface area contributed by atoms with Gasteiger partial charge < -0.3 is 9.84 Å². The van der Waals surface area contributed by atoms with Crippen molar-refractivity contribution in [3.8, 4) is 16.9 Å². The van der Waals surface area contributed by atoms with Gasteiger partial charge in [-0.1, -0.05) is 78.9 Å². The minimum absolute atomic E-state index is 0.0369. The van der Waals surface area contributed by atoms with Crippen LogP contribution in [0.15, 0.2) is 78.9 Å². The maximum absolute atomic E-state index is 9.61. The summed E-state index contributed by atoms with van der Waals surface area (Å²) >= 11 is 0. The van der Waals surface area contributed by atoms with E-state index in [0.717, 1.165) is 28.0 Å². The topological polar surface area (TPSA) is 29.5 Å². The Labute approximate surface area is 130 Å². The van der Waals surface area contributed by atoms with Crippen LogP contribution < -0.4 is 4.74 Å². The van der Waals surface area contributed by atoms with Crippen LogP contribution in [0.1, 0.15) is 11.1 Å². The normalized spacial score (nSPS) is 10.4. The van der Waals surface area contributed by atoms with E-state index in [0.29, 0.717) is 6.61 Å². The van der Waals surface area contributed by atoms with Crippen LogP contribution in [0.25, 0.3) is 11.1 Å². The van der Waals surface area contributed by atoms with Crippen molar-refractivity contribution in [3.05, 3.63) is 90.0 Å². The molecule has 0 heterocycles. The smallest absolute Gasteiger partial charge is 0.133 e. The van der Waals surface area contributed by atoms with Gasteiger partial charge in [-0.3, -0.25) is 0 Å². The summed E-state index contributed by atoms with van der Waals surface area (Å²) in [5, 5.41) is 9.61. The quantitative estimate of drug-likeness (QED) is 0.753. The fraction of sp³-hybridized carbons (Fsp3) is 0.100. The molecule has 3 aromatic rings. The minimum atomic E-state index is -0.0369. The summed E-state index contributed by atoms with van der Waals surface area (Å²) < 4.78 is 6.04. The molecule has 0 saturated carbocycles. The van der Waals surface area contributed by atoms with Crippen molar-refractivity contribution < 1.29 is 9.84 Å². The Kier molecular flexibility index (Phi) is 4.52. The molecule has 0 aliphatic rings. The van der Waals surface area contributed by atoms with Crippen LogP contribution in [0.5, 0.6) is 5.75 Å². The highest BCUT2D eigenvalue weighted by Gasteiger charge is 2.11. The van der Waals surface area contributed by atoms with E-state index in [9.17, 15) is 5.11 Å². The number of rotatable bonds is 5. The van der Waals surface area contributed by atoms with Crippen LogP contribution in [-0.4, -0.2) is 5.11 Å². The highest BCUT2D eigenvalue weighted by Crippen LogP contribution is 2.33. The molecule has 0 amide bonds. The first-order chi connectivity index (χ1) is 10.9. The van der Waals surface area contributed by atoms with E-state index in [2.05, 4.69) is 0 Å². The van der Waals surface area contributed by atoms with E-state index in [1.165, 1.54) is 0 Å². The number of hydrogen-bond donors (Lipinski definition) is 1. The van der Waals surface area contributed by atoms with E-state index in [1.807, 2.05) is 78.9 Å². The van der Waals surface area contributed by atoms with Crippen molar-refractivity contribution in [2.24, 2.45) is 0 Å². The van der Waals surface area contributed by atoms with Crippen LogP contribution in [0.3, 0.4) is 0 Å². The van der Waals surface area contributed by atoms with Crippen LogP contribution in [-0.2, 0) is 13.2 Å². The third-order valence-corrected chi connectivity index (χ3v) is 3.58. The Morgan fingerprint density at radius 3 is 2.09 bits per heavy atom. The summed E-state index contributed by atoms with van der Waals surface area (Å²) in [6.45, 7) is 0.447. The van der Waals surface area contributed by atoms with Crippen LogP contribution in [0.4, 0.5) is 0 Å². The van der Waals surface area contributed by atoms with Crippen LogP contribution in [0, 0.1) is 0 Å². The molecule has 3 aromatic carbocycles. The largest absolute Gasteiger partial charge is 0.488 e. The van der Waals surface area contributed by atoms with Crippen molar-refractivity contribution in [2.75, 3.05) is 0 Å². The summed E-state index contributed by atoms with van der Waals surface area (Å²) in [6.07, 6.45) is 0. The molecule has 0 unspecified atom stereocenters. The molecule has 0 fully saturated rings. The van der Waals surface area contributed by atoms with Gasteiger partial charge in [-0.05, 0) is 11.1 Å². The Morgan fingerprint density at radius 2 is 1.41 bits per heavy atom. The molecule has 110 valence electrons. The molecule has 0 atom stereocenters. The van der Waals surface area contributed by atoms with E-state index in [4.69, 9.17) is 4.74 Å². The van der Waals surface area contributed by atoms with Crippen molar-refractivity contribution >= 4 is 0 Å². The lowest BCUT2D eigenvalue weighted by molar-refractivity contribution is 0.259. The van der Waals surface area contributed by atoms with Crippen LogP contribution in [0.2, 0.25) is 0 Å². The molecule has 0 spiro atoms. The second kappa shape index (κ2) is 6.92. The third kappa shape index (κ3) is 3.18. The molecule has 0 radical (unpaired) electrons. The highest BCUT2D eigenvalue weighted by atomic mass is 16.5. The standard InChI is InChI=1S/C20H18O2/c21-14-18-12-7-13-19(17-10-5-2-6-11-17)20(18)22-15-16-8-3-1-4-9-16/h1-13,21H,14-15H2. The zero-order valence-corrected chi connectivity index (χ0v) is 12.3. The number of benzene rings is 3. The van der Waals surface area contributed by atoms with Gasteiger partial charge in [-0.25, -0.2) is 0 Å². The number of aliphatic hydroxyl groups is 1. The fourth-order valence-electron chi connectivity index (χ4n) is 2.45. The Morgan fingerprint density at radius 1 is 0.727 bits per heavy atom. The Bertz CT molecular complexity index is 721. The summed E-state index contributed by atoms with van der Waals surface area (Å²) in [5.74, 6) is 0.750. The fourth-order valence-corrected chi connectivity index (χ4v) is 2.45. The lowest BCUT2D eigenvalue weighted by Gasteiger charge is -2.15. The second-order valence-electron chi connectivity index (χ2n) is 5.09. The van der Waals surface area contributed by atoms with Gasteiger partial charge in [0.15, 0.2) is 0 Å². The average molecular weight is 290 g/mol. The van der Waals surface area contributed by atoms with E-state index in [1.54, 1.807) is 0 Å². The van der Waals surface area contributed by atoms with E-state index in [-0.39, 0.29) is 6.61 Å². The van der Waals surface area contributed by atoms with Crippen molar-refractivity contribution in [3.63, 3.8) is 0 Å². The van der Waals surface area contributed by atoms with Gasteiger partial charge in [-0.2, -0.15) is 0 Å². The molecule has 1 N–H and O–H groups in total.